The highest BCUT2D eigenvalue weighted by molar-refractivity contribution is 6.18. The fourth-order valence-corrected chi connectivity index (χ4v) is 1.71. The van der Waals surface area contributed by atoms with Crippen LogP contribution in [-0.4, -0.2) is 43.0 Å². The molecule has 0 aliphatic carbocycles. The second-order valence-electron chi connectivity index (χ2n) is 3.63. The van der Waals surface area contributed by atoms with E-state index in [-0.39, 0.29) is 5.97 Å². The minimum atomic E-state index is -0.271. The molecule has 3 nitrogen and oxygen atoms in total. The molecule has 0 saturated carbocycles. The fourth-order valence-electron chi connectivity index (χ4n) is 1.47. The van der Waals surface area contributed by atoms with Crippen molar-refractivity contribution in [2.24, 2.45) is 0 Å². The number of likely N-dealkylation sites (N-methyl/N-ethyl adjacent to an activating group) is 1. The molecule has 0 atom stereocenters. The zero-order chi connectivity index (χ0) is 12.5. The van der Waals surface area contributed by atoms with Gasteiger partial charge in [0.25, 0.3) is 0 Å². The van der Waals surface area contributed by atoms with Crippen LogP contribution < -0.4 is 0 Å². The summed E-state index contributed by atoms with van der Waals surface area (Å²) in [5.41, 5.74) is 0.591. The summed E-state index contributed by atoms with van der Waals surface area (Å²) >= 11 is 5.66. The van der Waals surface area contributed by atoms with Crippen LogP contribution in [0.1, 0.15) is 17.3 Å². The van der Waals surface area contributed by atoms with E-state index in [1.54, 1.807) is 12.1 Å². The zero-order valence-electron chi connectivity index (χ0n) is 10.1. The van der Waals surface area contributed by atoms with Gasteiger partial charge in [-0.3, -0.25) is 4.90 Å². The maximum atomic E-state index is 11.6. The van der Waals surface area contributed by atoms with E-state index in [0.29, 0.717) is 18.1 Å². The molecule has 0 amide bonds. The lowest BCUT2D eigenvalue weighted by Gasteiger charge is -2.18. The molecule has 0 fully saturated rings. The minimum absolute atomic E-state index is 0.271. The Kier molecular flexibility index (Phi) is 6.67. The molecule has 0 aromatic heterocycles. The van der Waals surface area contributed by atoms with Crippen LogP contribution in [0.3, 0.4) is 0 Å². The summed E-state index contributed by atoms with van der Waals surface area (Å²) in [4.78, 5) is 13.7. The van der Waals surface area contributed by atoms with Crippen LogP contribution in [0.2, 0.25) is 0 Å². The number of hydrogen-bond acceptors (Lipinski definition) is 3. The normalized spacial score (nSPS) is 10.5. The summed E-state index contributed by atoms with van der Waals surface area (Å²) in [6.45, 7) is 4.92. The van der Waals surface area contributed by atoms with Gasteiger partial charge in [-0.2, -0.15) is 0 Å². The van der Waals surface area contributed by atoms with Gasteiger partial charge in [0.1, 0.15) is 6.61 Å². The SMILES string of the molecule is CCN(CCCl)CCOC(=O)c1ccccc1. The topological polar surface area (TPSA) is 29.5 Å². The molecule has 94 valence electrons. The summed E-state index contributed by atoms with van der Waals surface area (Å²) in [6.07, 6.45) is 0. The molecular formula is C13H18ClNO2. The molecular weight excluding hydrogens is 238 g/mol. The highest BCUT2D eigenvalue weighted by atomic mass is 35.5. The van der Waals surface area contributed by atoms with Crippen LogP contribution in [0.4, 0.5) is 0 Å². The first-order valence-electron chi connectivity index (χ1n) is 5.78. The van der Waals surface area contributed by atoms with Crippen molar-refractivity contribution >= 4 is 17.6 Å². The van der Waals surface area contributed by atoms with E-state index in [2.05, 4.69) is 11.8 Å². The number of carbonyl (C=O) groups excluding carboxylic acids is 1. The van der Waals surface area contributed by atoms with Crippen molar-refractivity contribution in [3.05, 3.63) is 35.9 Å². The van der Waals surface area contributed by atoms with Gasteiger partial charge in [-0.05, 0) is 18.7 Å². The summed E-state index contributed by atoms with van der Waals surface area (Å²) in [5, 5.41) is 0. The van der Waals surface area contributed by atoms with E-state index < -0.39 is 0 Å². The van der Waals surface area contributed by atoms with E-state index in [9.17, 15) is 4.79 Å². The van der Waals surface area contributed by atoms with Crippen molar-refractivity contribution < 1.29 is 9.53 Å². The third kappa shape index (κ3) is 5.20. The molecule has 0 aliphatic heterocycles. The first-order valence-corrected chi connectivity index (χ1v) is 6.32. The lowest BCUT2D eigenvalue weighted by molar-refractivity contribution is 0.0467. The molecule has 0 unspecified atom stereocenters. The molecule has 0 spiro atoms. The minimum Gasteiger partial charge on any atom is -0.461 e. The largest absolute Gasteiger partial charge is 0.461 e. The Morgan fingerprint density at radius 1 is 1.29 bits per heavy atom. The van der Waals surface area contributed by atoms with Gasteiger partial charge in [0.15, 0.2) is 0 Å². The third-order valence-electron chi connectivity index (χ3n) is 2.50. The average Bonchev–Trinajstić information content (AvgIpc) is 2.38. The molecule has 1 aromatic rings. The molecule has 0 aliphatic rings. The van der Waals surface area contributed by atoms with Crippen LogP contribution in [0.5, 0.6) is 0 Å². The number of esters is 1. The van der Waals surface area contributed by atoms with Crippen LogP contribution in [0.15, 0.2) is 30.3 Å². The number of ether oxygens (including phenoxy) is 1. The quantitative estimate of drug-likeness (QED) is 0.554. The van der Waals surface area contributed by atoms with Gasteiger partial charge in [-0.1, -0.05) is 25.1 Å². The summed E-state index contributed by atoms with van der Waals surface area (Å²) < 4.78 is 5.18. The highest BCUT2D eigenvalue weighted by Crippen LogP contribution is 2.01. The smallest absolute Gasteiger partial charge is 0.338 e. The van der Waals surface area contributed by atoms with Gasteiger partial charge >= 0.3 is 5.97 Å². The standard InChI is InChI=1S/C13H18ClNO2/c1-2-15(9-8-14)10-11-17-13(16)12-6-4-3-5-7-12/h3-7H,2,8-11H2,1H3. The summed E-state index contributed by atoms with van der Waals surface area (Å²) in [5.74, 6) is 0.327. The Labute approximate surface area is 107 Å². The Hall–Kier alpha value is -1.06. The van der Waals surface area contributed by atoms with Gasteiger partial charge in [0.2, 0.25) is 0 Å². The molecule has 0 radical (unpaired) electrons. The van der Waals surface area contributed by atoms with Crippen molar-refractivity contribution in [1.29, 1.82) is 0 Å². The number of carbonyl (C=O) groups is 1. The second-order valence-corrected chi connectivity index (χ2v) is 4.00. The summed E-state index contributed by atoms with van der Waals surface area (Å²) in [6, 6.07) is 9.01. The summed E-state index contributed by atoms with van der Waals surface area (Å²) in [7, 11) is 0. The zero-order valence-corrected chi connectivity index (χ0v) is 10.8. The molecule has 0 N–H and O–H groups in total. The molecule has 1 aromatic carbocycles. The van der Waals surface area contributed by atoms with E-state index in [4.69, 9.17) is 16.3 Å². The average molecular weight is 256 g/mol. The maximum absolute atomic E-state index is 11.6. The predicted octanol–water partition coefficient (Wildman–Crippen LogP) is 2.40. The van der Waals surface area contributed by atoms with Crippen molar-refractivity contribution in [2.75, 3.05) is 32.1 Å². The Bertz CT molecular complexity index is 329. The lowest BCUT2D eigenvalue weighted by Crippen LogP contribution is -2.30. The number of halogens is 1. The van der Waals surface area contributed by atoms with Crippen molar-refractivity contribution in [3.63, 3.8) is 0 Å². The second kappa shape index (κ2) is 8.09. The first kappa shape index (κ1) is 14.0. The van der Waals surface area contributed by atoms with E-state index >= 15 is 0 Å². The Morgan fingerprint density at radius 2 is 2.00 bits per heavy atom. The number of benzene rings is 1. The predicted molar refractivity (Wildman–Crippen MR) is 69.6 cm³/mol. The Morgan fingerprint density at radius 3 is 2.59 bits per heavy atom. The lowest BCUT2D eigenvalue weighted by atomic mass is 10.2. The van der Waals surface area contributed by atoms with E-state index in [1.807, 2.05) is 18.2 Å². The molecule has 0 bridgehead atoms. The first-order chi connectivity index (χ1) is 8.27. The van der Waals surface area contributed by atoms with Crippen molar-refractivity contribution in [2.45, 2.75) is 6.92 Å². The third-order valence-corrected chi connectivity index (χ3v) is 2.67. The molecule has 0 saturated heterocycles. The monoisotopic (exact) mass is 255 g/mol. The van der Waals surface area contributed by atoms with Crippen LogP contribution >= 0.6 is 11.6 Å². The highest BCUT2D eigenvalue weighted by Gasteiger charge is 2.07. The van der Waals surface area contributed by atoms with Crippen LogP contribution in [0.25, 0.3) is 0 Å². The van der Waals surface area contributed by atoms with E-state index in [1.165, 1.54) is 0 Å². The molecule has 0 heterocycles. The number of nitrogens with zero attached hydrogens (tertiary/aromatic N) is 1. The molecule has 17 heavy (non-hydrogen) atoms. The molecule has 1 rings (SSSR count). The number of hydrogen-bond donors (Lipinski definition) is 0. The Balaban J connectivity index is 2.29. The maximum Gasteiger partial charge on any atom is 0.338 e. The van der Waals surface area contributed by atoms with Gasteiger partial charge < -0.3 is 4.74 Å². The number of rotatable bonds is 7. The van der Waals surface area contributed by atoms with Crippen molar-refractivity contribution in [1.82, 2.24) is 4.90 Å². The van der Waals surface area contributed by atoms with Crippen LogP contribution in [0, 0.1) is 0 Å². The number of alkyl halides is 1. The van der Waals surface area contributed by atoms with Gasteiger partial charge in [0.05, 0.1) is 5.56 Å². The van der Waals surface area contributed by atoms with Crippen LogP contribution in [-0.2, 0) is 4.74 Å². The van der Waals surface area contributed by atoms with Gasteiger partial charge in [-0.15, -0.1) is 11.6 Å². The van der Waals surface area contributed by atoms with Gasteiger partial charge in [-0.25, -0.2) is 4.79 Å². The fraction of sp³-hybridized carbons (Fsp3) is 0.462. The van der Waals surface area contributed by atoms with Gasteiger partial charge in [0, 0.05) is 19.0 Å². The van der Waals surface area contributed by atoms with E-state index in [0.717, 1.165) is 19.6 Å². The van der Waals surface area contributed by atoms with Crippen molar-refractivity contribution in [3.8, 4) is 0 Å². The molecule has 4 heteroatoms.